The van der Waals surface area contributed by atoms with Gasteiger partial charge in [0, 0.05) is 11.6 Å². The first-order chi connectivity index (χ1) is 20.4. The first-order valence-corrected chi connectivity index (χ1v) is 13.3. The van der Waals surface area contributed by atoms with Crippen molar-refractivity contribution < 1.29 is 69.7 Å². The first kappa shape index (κ1) is 31.1. The second-order valence-corrected chi connectivity index (χ2v) is 10.4. The number of phenols is 2. The Kier molecular flexibility index (Phi) is 8.65. The highest BCUT2D eigenvalue weighted by molar-refractivity contribution is 5.92. The van der Waals surface area contributed by atoms with E-state index in [0.717, 1.165) is 13.2 Å². The monoisotopic (exact) mass is 608 g/mol. The van der Waals surface area contributed by atoms with Gasteiger partial charge in [0.05, 0.1) is 31.5 Å². The van der Waals surface area contributed by atoms with Crippen LogP contribution in [0.15, 0.2) is 39.5 Å². The van der Waals surface area contributed by atoms with Gasteiger partial charge < -0.3 is 69.7 Å². The molecule has 0 radical (unpaired) electrons. The maximum absolute atomic E-state index is 13.6. The predicted molar refractivity (Wildman–Crippen MR) is 143 cm³/mol. The van der Waals surface area contributed by atoms with Gasteiger partial charge in [0.1, 0.15) is 89.4 Å². The number of aliphatic hydroxyl groups is 8. The topological polar surface area (TPSA) is 260 Å². The molecular formula is C28H32O15. The molecule has 2 aliphatic heterocycles. The second-order valence-electron chi connectivity index (χ2n) is 10.4. The van der Waals surface area contributed by atoms with E-state index < -0.39 is 108 Å². The molecule has 0 amide bonds. The molecule has 234 valence electrons. The number of hydrogen-bond acceptors (Lipinski definition) is 15. The highest BCUT2D eigenvalue weighted by Gasteiger charge is 2.50. The van der Waals surface area contributed by atoms with Crippen molar-refractivity contribution in [3.8, 4) is 28.6 Å². The third kappa shape index (κ3) is 5.12. The fourth-order valence-electron chi connectivity index (χ4n) is 5.59. The van der Waals surface area contributed by atoms with E-state index in [0.29, 0.717) is 5.56 Å². The van der Waals surface area contributed by atoms with Crippen LogP contribution in [-0.2, 0) is 9.47 Å². The van der Waals surface area contributed by atoms with Crippen LogP contribution < -0.4 is 10.2 Å². The van der Waals surface area contributed by atoms with E-state index in [-0.39, 0.29) is 17.1 Å². The molecule has 4 unspecified atom stereocenters. The number of ether oxygens (including phenoxy) is 3. The molecule has 3 aromatic rings. The third-order valence-electron chi connectivity index (χ3n) is 7.88. The molecule has 2 fully saturated rings. The molecule has 2 aliphatic rings. The van der Waals surface area contributed by atoms with Crippen LogP contribution in [0.5, 0.6) is 17.2 Å². The zero-order chi connectivity index (χ0) is 31.3. The SMILES string of the molecule is COc1c([C@@H]2OC(CO)[C@@H](O)[C@H](O)C2O)c(O)c2c(=O)cc(-c3ccc(O)cc3)oc2c1[C@@H]1OC(CO)[C@H](O)[C@H](O)C1O. The standard InChI is InChI=1S/C28H32O15/c1-40-25-16(27-23(38)21(36)18(33)13(7-29)42-27)20(35)15-11(32)6-12(9-2-4-10(31)5-3-9)41-26(15)17(25)28-24(39)22(37)19(34)14(8-30)43-28/h2-6,13-14,18-19,21-24,27-31,33-39H,7-8H2,1H3/t13?,14?,18-,19+,21+,22+,23?,24?,27+,28+/m1/s1. The molecule has 10 atom stereocenters. The van der Waals surface area contributed by atoms with Gasteiger partial charge in [-0.2, -0.15) is 0 Å². The van der Waals surface area contributed by atoms with E-state index in [4.69, 9.17) is 18.6 Å². The van der Waals surface area contributed by atoms with Gasteiger partial charge in [0.2, 0.25) is 0 Å². The van der Waals surface area contributed by atoms with Crippen molar-refractivity contribution >= 4 is 11.0 Å². The fraction of sp³-hybridized carbons (Fsp3) is 0.464. The molecule has 0 saturated carbocycles. The molecule has 0 bridgehead atoms. The largest absolute Gasteiger partial charge is 0.508 e. The Hall–Kier alpha value is -3.35. The van der Waals surface area contributed by atoms with Crippen LogP contribution in [0.3, 0.4) is 0 Å². The molecule has 0 aliphatic carbocycles. The van der Waals surface area contributed by atoms with Crippen LogP contribution in [0, 0.1) is 0 Å². The predicted octanol–water partition coefficient (Wildman–Crippen LogP) is -2.09. The Morgan fingerprint density at radius 2 is 1.26 bits per heavy atom. The highest BCUT2D eigenvalue weighted by atomic mass is 16.6. The molecule has 43 heavy (non-hydrogen) atoms. The third-order valence-corrected chi connectivity index (χ3v) is 7.88. The van der Waals surface area contributed by atoms with Gasteiger partial charge in [-0.3, -0.25) is 4.79 Å². The summed E-state index contributed by atoms with van der Waals surface area (Å²) in [5.74, 6) is -1.39. The number of aliphatic hydroxyl groups excluding tert-OH is 8. The van der Waals surface area contributed by atoms with Crippen LogP contribution in [0.25, 0.3) is 22.3 Å². The number of benzene rings is 2. The maximum Gasteiger partial charge on any atom is 0.197 e. The number of phenolic OH excluding ortho intramolecular Hbond substituents is 2. The van der Waals surface area contributed by atoms with Gasteiger partial charge in [-0.05, 0) is 24.3 Å². The van der Waals surface area contributed by atoms with Gasteiger partial charge in [0.25, 0.3) is 0 Å². The average molecular weight is 609 g/mol. The summed E-state index contributed by atoms with van der Waals surface area (Å²) < 4.78 is 23.0. The lowest BCUT2D eigenvalue weighted by Gasteiger charge is -2.42. The zero-order valence-corrected chi connectivity index (χ0v) is 22.6. The van der Waals surface area contributed by atoms with E-state index >= 15 is 0 Å². The Morgan fingerprint density at radius 1 is 0.744 bits per heavy atom. The van der Waals surface area contributed by atoms with Gasteiger partial charge >= 0.3 is 0 Å². The number of hydrogen-bond donors (Lipinski definition) is 10. The van der Waals surface area contributed by atoms with E-state index in [9.17, 15) is 55.9 Å². The summed E-state index contributed by atoms with van der Waals surface area (Å²) in [4.78, 5) is 13.6. The molecule has 10 N–H and O–H groups in total. The first-order valence-electron chi connectivity index (χ1n) is 13.3. The van der Waals surface area contributed by atoms with Crippen LogP contribution in [-0.4, -0.2) is 120 Å². The lowest BCUT2D eigenvalue weighted by molar-refractivity contribution is -0.233. The zero-order valence-electron chi connectivity index (χ0n) is 22.6. The molecule has 0 spiro atoms. The van der Waals surface area contributed by atoms with Gasteiger partial charge in [-0.15, -0.1) is 0 Å². The molecule has 1 aromatic heterocycles. The normalized spacial score (nSPS) is 33.0. The Bertz CT molecular complexity index is 1520. The summed E-state index contributed by atoms with van der Waals surface area (Å²) in [5.41, 5.74) is -1.71. The lowest BCUT2D eigenvalue weighted by atomic mass is 9.85. The van der Waals surface area contributed by atoms with E-state index in [1.807, 2.05) is 0 Å². The minimum atomic E-state index is -1.94. The average Bonchev–Trinajstić information content (AvgIpc) is 2.99. The van der Waals surface area contributed by atoms with Crippen LogP contribution in [0.2, 0.25) is 0 Å². The minimum absolute atomic E-state index is 0.0645. The maximum atomic E-state index is 13.6. The van der Waals surface area contributed by atoms with Crippen molar-refractivity contribution in [1.29, 1.82) is 0 Å². The van der Waals surface area contributed by atoms with Crippen LogP contribution in [0.1, 0.15) is 23.3 Å². The van der Waals surface area contributed by atoms with Gasteiger partial charge in [0.15, 0.2) is 11.0 Å². The lowest BCUT2D eigenvalue weighted by Crippen LogP contribution is -2.55. The summed E-state index contributed by atoms with van der Waals surface area (Å²) in [6.07, 6.45) is -17.4. The van der Waals surface area contributed by atoms with Crippen LogP contribution in [0.4, 0.5) is 0 Å². The number of methoxy groups -OCH3 is 1. The van der Waals surface area contributed by atoms with E-state index in [1.165, 1.54) is 24.3 Å². The van der Waals surface area contributed by atoms with Crippen molar-refractivity contribution in [3.63, 3.8) is 0 Å². The number of fused-ring (bicyclic) bond motifs is 1. The molecule has 15 nitrogen and oxygen atoms in total. The van der Waals surface area contributed by atoms with E-state index in [2.05, 4.69) is 0 Å². The highest BCUT2D eigenvalue weighted by Crippen LogP contribution is 2.51. The number of rotatable bonds is 6. The minimum Gasteiger partial charge on any atom is -0.508 e. The van der Waals surface area contributed by atoms with Crippen molar-refractivity contribution in [2.45, 2.75) is 61.0 Å². The molecule has 2 saturated heterocycles. The van der Waals surface area contributed by atoms with Gasteiger partial charge in [-0.1, -0.05) is 0 Å². The van der Waals surface area contributed by atoms with E-state index in [1.54, 1.807) is 0 Å². The smallest absolute Gasteiger partial charge is 0.197 e. The summed E-state index contributed by atoms with van der Waals surface area (Å²) in [6, 6.07) is 6.56. The fourth-order valence-corrected chi connectivity index (χ4v) is 5.59. The molecule has 3 heterocycles. The molecule has 15 heteroatoms. The Balaban J connectivity index is 1.85. The van der Waals surface area contributed by atoms with Crippen molar-refractivity contribution in [3.05, 3.63) is 51.7 Å². The molecule has 5 rings (SSSR count). The summed E-state index contributed by atoms with van der Waals surface area (Å²) in [6.45, 7) is -1.61. The van der Waals surface area contributed by atoms with Crippen molar-refractivity contribution in [2.75, 3.05) is 20.3 Å². The van der Waals surface area contributed by atoms with Crippen molar-refractivity contribution in [2.24, 2.45) is 0 Å². The Labute approximate surface area is 242 Å². The summed E-state index contributed by atoms with van der Waals surface area (Å²) >= 11 is 0. The summed E-state index contributed by atoms with van der Waals surface area (Å²) in [5, 5.41) is 104. The summed E-state index contributed by atoms with van der Waals surface area (Å²) in [7, 11) is 1.11. The van der Waals surface area contributed by atoms with Crippen LogP contribution >= 0.6 is 0 Å². The second kappa shape index (κ2) is 12.0. The molecule has 2 aromatic carbocycles. The Morgan fingerprint density at radius 3 is 1.74 bits per heavy atom. The van der Waals surface area contributed by atoms with Crippen molar-refractivity contribution in [1.82, 2.24) is 0 Å². The molecular weight excluding hydrogens is 576 g/mol. The number of aromatic hydroxyl groups is 2. The quantitative estimate of drug-likeness (QED) is 0.144. The van der Waals surface area contributed by atoms with Gasteiger partial charge in [-0.25, -0.2) is 0 Å².